The summed E-state index contributed by atoms with van der Waals surface area (Å²) in [5.74, 6) is 0. The highest BCUT2D eigenvalue weighted by Crippen LogP contribution is 2.20. The number of thiazole rings is 1. The molecular weight excluding hydrogens is 154 g/mol. The van der Waals surface area contributed by atoms with Crippen molar-refractivity contribution in [2.75, 3.05) is 5.73 Å². The fourth-order valence-corrected chi connectivity index (χ4v) is 1.42. The van der Waals surface area contributed by atoms with Gasteiger partial charge in [-0.3, -0.25) is 0 Å². The second-order valence-electron chi connectivity index (χ2n) is 1.22. The van der Waals surface area contributed by atoms with Crippen molar-refractivity contribution in [3.05, 3.63) is 5.38 Å². The van der Waals surface area contributed by atoms with Gasteiger partial charge in [-0.15, -0.1) is 11.3 Å². The van der Waals surface area contributed by atoms with Gasteiger partial charge in [0.25, 0.3) is 0 Å². The number of aromatic nitrogens is 1. The monoisotopic (exact) mass is 157 g/mol. The molecule has 1 aromatic heterocycles. The number of nitrogen functional groups attached to an aromatic ring is 1. The van der Waals surface area contributed by atoms with Crippen LogP contribution in [0.5, 0.6) is 0 Å². The summed E-state index contributed by atoms with van der Waals surface area (Å²) >= 11 is 2.36. The Bertz CT molecular complexity index is 236. The minimum absolute atomic E-state index is 0.507. The van der Waals surface area contributed by atoms with Crippen LogP contribution in [0.1, 0.15) is 0 Å². The molecule has 0 saturated heterocycles. The Balaban J connectivity index is 2.76. The molecule has 9 heavy (non-hydrogen) atoms. The largest absolute Gasteiger partial charge is 0.375 e. The minimum atomic E-state index is 0.507. The van der Waals surface area contributed by atoms with Gasteiger partial charge >= 0.3 is 0 Å². The average molecular weight is 157 g/mol. The maximum atomic E-state index is 8.17. The first-order chi connectivity index (χ1) is 4.33. The summed E-state index contributed by atoms with van der Waals surface area (Å²) in [4.78, 5) is 3.84. The second kappa shape index (κ2) is 2.71. The molecule has 0 aliphatic rings. The zero-order valence-corrected chi connectivity index (χ0v) is 6.00. The molecule has 0 aromatic carbocycles. The van der Waals surface area contributed by atoms with E-state index in [2.05, 4.69) is 4.98 Å². The molecule has 1 heterocycles. The lowest BCUT2D eigenvalue weighted by Gasteiger charge is -1.76. The first-order valence-corrected chi connectivity index (χ1v) is 3.79. The summed E-state index contributed by atoms with van der Waals surface area (Å²) in [6.07, 6.45) is 0. The highest BCUT2D eigenvalue weighted by molar-refractivity contribution is 8.03. The molecule has 1 aromatic rings. The number of thioether (sulfide) groups is 1. The smallest absolute Gasteiger partial charge is 0.181 e. The number of nitrogens with two attached hydrogens (primary N) is 1. The van der Waals surface area contributed by atoms with Crippen LogP contribution in [0.15, 0.2) is 10.4 Å². The third-order valence-corrected chi connectivity index (χ3v) is 1.98. The van der Waals surface area contributed by atoms with Crippen molar-refractivity contribution in [2.45, 2.75) is 5.03 Å². The van der Waals surface area contributed by atoms with Gasteiger partial charge < -0.3 is 5.73 Å². The Morgan fingerprint density at radius 2 is 2.67 bits per heavy atom. The van der Waals surface area contributed by atoms with E-state index in [-0.39, 0.29) is 0 Å². The fraction of sp³-hybridized carbons (Fsp3) is 0. The summed E-state index contributed by atoms with van der Waals surface area (Å²) in [5, 5.41) is 13.0. The van der Waals surface area contributed by atoms with Crippen molar-refractivity contribution in [3.8, 4) is 5.40 Å². The summed E-state index contributed by atoms with van der Waals surface area (Å²) in [5.41, 5.74) is 5.29. The molecular formula is C4H3N3S2. The van der Waals surface area contributed by atoms with Crippen LogP contribution in [0.25, 0.3) is 0 Å². The first kappa shape index (κ1) is 6.39. The molecule has 3 nitrogen and oxygen atoms in total. The van der Waals surface area contributed by atoms with Gasteiger partial charge in [0.2, 0.25) is 0 Å². The summed E-state index contributed by atoms with van der Waals surface area (Å²) in [6.45, 7) is 0. The summed E-state index contributed by atoms with van der Waals surface area (Å²) in [6, 6.07) is 0. The second-order valence-corrected chi connectivity index (χ2v) is 2.91. The van der Waals surface area contributed by atoms with Gasteiger partial charge in [-0.2, -0.15) is 5.26 Å². The Morgan fingerprint density at radius 3 is 3.11 bits per heavy atom. The molecule has 2 N–H and O–H groups in total. The van der Waals surface area contributed by atoms with Gasteiger partial charge in [-0.05, 0) is 0 Å². The lowest BCUT2D eigenvalue weighted by atomic mass is 11.0. The zero-order valence-electron chi connectivity index (χ0n) is 4.37. The predicted molar refractivity (Wildman–Crippen MR) is 38.0 cm³/mol. The van der Waals surface area contributed by atoms with Crippen molar-refractivity contribution in [1.29, 1.82) is 5.26 Å². The van der Waals surface area contributed by atoms with Crippen LogP contribution < -0.4 is 5.73 Å². The molecule has 0 fully saturated rings. The molecule has 1 rings (SSSR count). The number of nitrogens with zero attached hydrogens (tertiary/aromatic N) is 2. The van der Waals surface area contributed by atoms with E-state index in [0.717, 1.165) is 11.8 Å². The van der Waals surface area contributed by atoms with Gasteiger partial charge in [-0.1, -0.05) is 0 Å². The number of anilines is 1. The van der Waals surface area contributed by atoms with E-state index in [0.29, 0.717) is 10.2 Å². The van der Waals surface area contributed by atoms with E-state index in [1.54, 1.807) is 5.38 Å². The van der Waals surface area contributed by atoms with Crippen LogP contribution in [-0.2, 0) is 0 Å². The van der Waals surface area contributed by atoms with Crippen LogP contribution in [0.2, 0.25) is 0 Å². The van der Waals surface area contributed by atoms with Crippen LogP contribution in [0.3, 0.4) is 0 Å². The topological polar surface area (TPSA) is 62.7 Å². The van der Waals surface area contributed by atoms with Crippen molar-refractivity contribution >= 4 is 28.2 Å². The van der Waals surface area contributed by atoms with Crippen molar-refractivity contribution in [3.63, 3.8) is 0 Å². The predicted octanol–water partition coefficient (Wildman–Crippen LogP) is 1.30. The summed E-state index contributed by atoms with van der Waals surface area (Å²) in [7, 11) is 0. The fourth-order valence-electron chi connectivity index (χ4n) is 0.366. The molecule has 0 amide bonds. The molecule has 0 bridgehead atoms. The molecule has 0 aliphatic carbocycles. The van der Waals surface area contributed by atoms with Crippen LogP contribution in [-0.4, -0.2) is 4.98 Å². The quantitative estimate of drug-likeness (QED) is 0.493. The van der Waals surface area contributed by atoms with Crippen molar-refractivity contribution in [2.24, 2.45) is 0 Å². The number of thiocyanates is 1. The number of hydrogen-bond donors (Lipinski definition) is 1. The SMILES string of the molecule is N#CSc1csc(N)n1. The number of hydrogen-bond acceptors (Lipinski definition) is 5. The van der Waals surface area contributed by atoms with Crippen molar-refractivity contribution < 1.29 is 0 Å². The van der Waals surface area contributed by atoms with E-state index in [9.17, 15) is 0 Å². The van der Waals surface area contributed by atoms with E-state index in [4.69, 9.17) is 11.0 Å². The molecule has 0 radical (unpaired) electrons. The third kappa shape index (κ3) is 1.59. The Kier molecular flexibility index (Phi) is 1.92. The van der Waals surface area contributed by atoms with Crippen LogP contribution in [0, 0.1) is 10.7 Å². The molecule has 0 saturated carbocycles. The van der Waals surface area contributed by atoms with Crippen LogP contribution in [0.4, 0.5) is 5.13 Å². The third-order valence-electron chi connectivity index (χ3n) is 0.651. The van der Waals surface area contributed by atoms with Gasteiger partial charge in [0.1, 0.15) is 10.4 Å². The van der Waals surface area contributed by atoms with Gasteiger partial charge in [0.05, 0.1) is 0 Å². The van der Waals surface area contributed by atoms with Gasteiger partial charge in [0, 0.05) is 17.1 Å². The summed E-state index contributed by atoms with van der Waals surface area (Å²) < 4.78 is 0. The van der Waals surface area contributed by atoms with Crippen LogP contribution >= 0.6 is 23.1 Å². The van der Waals surface area contributed by atoms with Crippen molar-refractivity contribution in [1.82, 2.24) is 4.98 Å². The highest BCUT2D eigenvalue weighted by Gasteiger charge is 1.95. The van der Waals surface area contributed by atoms with E-state index in [1.807, 2.05) is 5.40 Å². The maximum Gasteiger partial charge on any atom is 0.181 e. The van der Waals surface area contributed by atoms with Gasteiger partial charge in [-0.25, -0.2) is 4.98 Å². The minimum Gasteiger partial charge on any atom is -0.375 e. The molecule has 46 valence electrons. The highest BCUT2D eigenvalue weighted by atomic mass is 32.2. The number of rotatable bonds is 1. The molecule has 5 heteroatoms. The Labute approximate surface area is 60.5 Å². The standard InChI is InChI=1S/C4H3N3S2/c5-2-9-3-1-8-4(6)7-3/h1H,(H2,6,7). The Hall–Kier alpha value is -0.730. The zero-order chi connectivity index (χ0) is 6.69. The first-order valence-electron chi connectivity index (χ1n) is 2.10. The normalized spacial score (nSPS) is 8.78. The number of nitriles is 1. The lowest BCUT2D eigenvalue weighted by molar-refractivity contribution is 1.22. The van der Waals surface area contributed by atoms with E-state index in [1.165, 1.54) is 11.3 Å². The van der Waals surface area contributed by atoms with E-state index >= 15 is 0 Å². The molecule has 0 aliphatic heterocycles. The van der Waals surface area contributed by atoms with E-state index < -0.39 is 0 Å². The average Bonchev–Trinajstić information content (AvgIpc) is 2.17. The molecule has 0 unspecified atom stereocenters. The molecule has 0 spiro atoms. The maximum absolute atomic E-state index is 8.17. The Morgan fingerprint density at radius 1 is 1.89 bits per heavy atom. The van der Waals surface area contributed by atoms with Gasteiger partial charge in [0.15, 0.2) is 5.13 Å². The lowest BCUT2D eigenvalue weighted by Crippen LogP contribution is -1.79. The molecule has 0 atom stereocenters.